The smallest absolute Gasteiger partial charge is 0.328 e. The van der Waals surface area contributed by atoms with E-state index < -0.39 is 90.8 Å². The quantitative estimate of drug-likeness (QED) is 0.213. The summed E-state index contributed by atoms with van der Waals surface area (Å²) in [7, 11) is 0. The fraction of sp³-hybridized carbons (Fsp3) is 0.560. The van der Waals surface area contributed by atoms with Gasteiger partial charge in [0, 0.05) is 53.3 Å². The number of aromatic nitrogens is 2. The lowest BCUT2D eigenvalue weighted by Gasteiger charge is -2.37. The molecule has 1 aromatic heterocycles. The van der Waals surface area contributed by atoms with Crippen LogP contribution in [0.3, 0.4) is 0 Å². The molecule has 236 valence electrons. The Kier molecular flexibility index (Phi) is 11.7. The molecule has 2 heterocycles. The number of carbonyl (C=O) groups excluding carboxylic acids is 6. The average molecular weight is 613 g/mol. The van der Waals surface area contributed by atoms with Crippen LogP contribution in [0.5, 0.6) is 0 Å². The molecule has 2 rings (SSSR count). The molecule has 1 aliphatic heterocycles. The number of hydrogen-bond donors (Lipinski definition) is 1. The monoisotopic (exact) mass is 612 g/mol. The van der Waals surface area contributed by atoms with Gasteiger partial charge in [-0.25, -0.2) is 4.79 Å². The first-order valence-corrected chi connectivity index (χ1v) is 12.7. The van der Waals surface area contributed by atoms with Gasteiger partial charge in [-0.3, -0.25) is 43.1 Å². The maximum Gasteiger partial charge on any atom is 0.328 e. The van der Waals surface area contributed by atoms with Gasteiger partial charge in [-0.05, 0) is 6.92 Å². The van der Waals surface area contributed by atoms with Gasteiger partial charge >= 0.3 is 35.5 Å². The normalized spacial score (nSPS) is 16.9. The Morgan fingerprint density at radius 1 is 0.860 bits per heavy atom. The second-order valence-corrected chi connectivity index (χ2v) is 9.24. The number of rotatable bonds is 12. The Labute approximate surface area is 243 Å². The molecule has 5 atom stereocenters. The Bertz CT molecular complexity index is 1410. The van der Waals surface area contributed by atoms with Crippen molar-refractivity contribution >= 4 is 41.7 Å². The van der Waals surface area contributed by atoms with Gasteiger partial charge in [-0.1, -0.05) is 0 Å². The molecule has 18 heteroatoms. The molecule has 0 fully saturated rings. The van der Waals surface area contributed by atoms with E-state index in [1.807, 2.05) is 0 Å². The van der Waals surface area contributed by atoms with E-state index in [4.69, 9.17) is 28.4 Å². The van der Waals surface area contributed by atoms with Crippen LogP contribution >= 0.6 is 0 Å². The lowest BCUT2D eigenvalue weighted by molar-refractivity contribution is -0.216. The van der Waals surface area contributed by atoms with Gasteiger partial charge in [-0.15, -0.1) is 5.10 Å². The molecule has 0 radical (unpaired) electrons. The van der Waals surface area contributed by atoms with E-state index in [1.54, 1.807) is 0 Å². The molecule has 0 saturated carbocycles. The van der Waals surface area contributed by atoms with Gasteiger partial charge in [0.1, 0.15) is 13.2 Å². The first-order chi connectivity index (χ1) is 20.0. The van der Waals surface area contributed by atoms with Crippen LogP contribution in [0.25, 0.3) is 0 Å². The number of aromatic amines is 1. The highest BCUT2D eigenvalue weighted by atomic mass is 16.6. The molecule has 1 unspecified atom stereocenters. The summed E-state index contributed by atoms with van der Waals surface area (Å²) < 4.78 is 33.1. The highest BCUT2D eigenvalue weighted by molar-refractivity contribution is 5.82. The summed E-state index contributed by atoms with van der Waals surface area (Å²) in [5.74, 6) is -5.67. The SMILES string of the molecule is CC(=O)OC[C@@H](OC(C)=O)[C@@H](OC(C)=O)[C@H](OC(C)=O)[C@@H](OC(C)=O)C1OC(Cn2cc(C)c(=O)[nH]c2=O)=NN1C(C)=O. The molecular formula is C25H32N4O14. The van der Waals surface area contributed by atoms with Crippen LogP contribution < -0.4 is 11.2 Å². The number of esters is 5. The molecule has 1 aliphatic rings. The van der Waals surface area contributed by atoms with E-state index in [1.165, 1.54) is 13.1 Å². The molecule has 0 bridgehead atoms. The number of carbonyl (C=O) groups is 6. The number of H-pyrrole nitrogens is 1. The number of amides is 1. The van der Waals surface area contributed by atoms with Crippen molar-refractivity contribution < 1.29 is 57.2 Å². The second-order valence-electron chi connectivity index (χ2n) is 9.24. The van der Waals surface area contributed by atoms with Crippen molar-refractivity contribution in [2.24, 2.45) is 5.10 Å². The van der Waals surface area contributed by atoms with E-state index in [0.29, 0.717) is 0 Å². The van der Waals surface area contributed by atoms with Crippen molar-refractivity contribution in [2.75, 3.05) is 6.61 Å². The fourth-order valence-corrected chi connectivity index (χ4v) is 3.94. The molecule has 0 aromatic carbocycles. The number of nitrogens with zero attached hydrogens (tertiary/aromatic N) is 3. The zero-order valence-corrected chi connectivity index (χ0v) is 24.4. The summed E-state index contributed by atoms with van der Waals surface area (Å²) in [6, 6.07) is 0. The van der Waals surface area contributed by atoms with Gasteiger partial charge in [0.05, 0.1) is 0 Å². The average Bonchev–Trinajstić information content (AvgIpc) is 3.29. The predicted octanol–water partition coefficient (Wildman–Crippen LogP) is -1.35. The third-order valence-electron chi connectivity index (χ3n) is 5.50. The van der Waals surface area contributed by atoms with Gasteiger partial charge < -0.3 is 28.4 Å². The zero-order valence-electron chi connectivity index (χ0n) is 24.4. The third kappa shape index (κ3) is 9.79. The van der Waals surface area contributed by atoms with E-state index in [0.717, 1.165) is 51.1 Å². The van der Waals surface area contributed by atoms with Crippen molar-refractivity contribution in [3.63, 3.8) is 0 Å². The molecular weight excluding hydrogens is 580 g/mol. The van der Waals surface area contributed by atoms with Crippen molar-refractivity contribution in [3.05, 3.63) is 32.6 Å². The van der Waals surface area contributed by atoms with Gasteiger partial charge in [-0.2, -0.15) is 5.01 Å². The van der Waals surface area contributed by atoms with E-state index in [-0.39, 0.29) is 11.5 Å². The van der Waals surface area contributed by atoms with Crippen LogP contribution in [-0.4, -0.2) is 93.5 Å². The lowest BCUT2D eigenvalue weighted by Crippen LogP contribution is -2.59. The number of hydrogen-bond acceptors (Lipinski definition) is 15. The van der Waals surface area contributed by atoms with Gasteiger partial charge in [0.25, 0.3) is 5.56 Å². The van der Waals surface area contributed by atoms with E-state index in [2.05, 4.69) is 10.1 Å². The summed E-state index contributed by atoms with van der Waals surface area (Å²) in [6.07, 6.45) is -7.54. The maximum atomic E-state index is 12.6. The summed E-state index contributed by atoms with van der Waals surface area (Å²) in [5.41, 5.74) is -1.26. The molecule has 43 heavy (non-hydrogen) atoms. The van der Waals surface area contributed by atoms with Crippen LogP contribution in [0, 0.1) is 6.92 Å². The summed E-state index contributed by atoms with van der Waals surface area (Å²) in [4.78, 5) is 98.9. The molecule has 0 spiro atoms. The Morgan fingerprint density at radius 2 is 1.42 bits per heavy atom. The summed E-state index contributed by atoms with van der Waals surface area (Å²) in [5, 5.41) is 4.78. The molecule has 0 aliphatic carbocycles. The van der Waals surface area contributed by atoms with Gasteiger partial charge in [0.15, 0.2) is 24.4 Å². The Balaban J connectivity index is 2.64. The number of hydrazone groups is 1. The predicted molar refractivity (Wildman–Crippen MR) is 140 cm³/mol. The van der Waals surface area contributed by atoms with E-state index in [9.17, 15) is 38.4 Å². The first kappa shape index (κ1) is 34.2. The zero-order chi connectivity index (χ0) is 32.6. The minimum absolute atomic E-state index is 0.180. The summed E-state index contributed by atoms with van der Waals surface area (Å²) >= 11 is 0. The standard InChI is InChI=1S/C25H32N4O14/c1-11-8-28(25(37)26-23(11)36)9-19-27-29(12(2)30)24(43-19)22(42-17(7)35)21(41-16(6)34)20(40-15(5)33)18(39-14(4)32)10-38-13(3)31/h8,18,20-22,24H,9-10H2,1-7H3,(H,26,36,37)/t18-,20-,21+,22-,24?/m1/s1. The van der Waals surface area contributed by atoms with Crippen molar-refractivity contribution in [1.82, 2.24) is 14.6 Å². The van der Waals surface area contributed by atoms with Gasteiger partial charge in [0.2, 0.25) is 18.0 Å². The van der Waals surface area contributed by atoms with Crippen LogP contribution in [0.4, 0.5) is 0 Å². The third-order valence-corrected chi connectivity index (χ3v) is 5.50. The minimum atomic E-state index is -1.86. The van der Waals surface area contributed by atoms with Crippen LogP contribution in [0.15, 0.2) is 20.9 Å². The van der Waals surface area contributed by atoms with E-state index >= 15 is 0 Å². The number of nitrogens with one attached hydrogen (secondary N) is 1. The first-order valence-electron chi connectivity index (χ1n) is 12.7. The highest BCUT2D eigenvalue weighted by Gasteiger charge is 2.51. The number of aryl methyl sites for hydroxylation is 1. The molecule has 1 amide bonds. The maximum absolute atomic E-state index is 12.6. The lowest BCUT2D eigenvalue weighted by atomic mass is 10.00. The highest BCUT2D eigenvalue weighted by Crippen LogP contribution is 2.28. The molecule has 1 N–H and O–H groups in total. The van der Waals surface area contributed by atoms with Crippen LogP contribution in [0.2, 0.25) is 0 Å². The molecule has 1 aromatic rings. The summed E-state index contributed by atoms with van der Waals surface area (Å²) in [6.45, 7) is 6.44. The minimum Gasteiger partial charge on any atom is -0.462 e. The molecule has 18 nitrogen and oxygen atoms in total. The van der Waals surface area contributed by atoms with Crippen molar-refractivity contribution in [3.8, 4) is 0 Å². The van der Waals surface area contributed by atoms with Crippen molar-refractivity contribution in [2.45, 2.75) is 85.7 Å². The fourth-order valence-electron chi connectivity index (χ4n) is 3.94. The van der Waals surface area contributed by atoms with Crippen molar-refractivity contribution in [1.29, 1.82) is 0 Å². The van der Waals surface area contributed by atoms with Crippen LogP contribution in [-0.2, 0) is 63.7 Å². The second kappa shape index (κ2) is 14.7. The topological polar surface area (TPSA) is 228 Å². The Morgan fingerprint density at radius 3 is 1.93 bits per heavy atom. The number of ether oxygens (including phenoxy) is 6. The molecule has 0 saturated heterocycles. The largest absolute Gasteiger partial charge is 0.462 e. The van der Waals surface area contributed by atoms with Crippen LogP contribution in [0.1, 0.15) is 47.1 Å². The Hall–Kier alpha value is -5.03.